The second kappa shape index (κ2) is 6.73. The minimum atomic E-state index is -3.14. The van der Waals surface area contributed by atoms with Crippen molar-refractivity contribution in [1.82, 2.24) is 10.0 Å². The van der Waals surface area contributed by atoms with Gasteiger partial charge in [-0.05, 0) is 18.6 Å². The third-order valence-corrected chi connectivity index (χ3v) is 3.95. The maximum atomic E-state index is 10.9. The molecule has 0 aliphatic heterocycles. The topological polar surface area (TPSA) is 58.2 Å². The molecule has 1 atom stereocenters. The van der Waals surface area contributed by atoms with Crippen LogP contribution in [0, 0.1) is 0 Å². The number of rotatable bonds is 6. The van der Waals surface area contributed by atoms with Crippen LogP contribution in [0.3, 0.4) is 0 Å². The Labute approximate surface area is 118 Å². The van der Waals surface area contributed by atoms with Gasteiger partial charge in [0.2, 0.25) is 10.0 Å². The minimum absolute atomic E-state index is 0.00226. The maximum Gasteiger partial charge on any atom is 0.208 e. The smallest absolute Gasteiger partial charge is 0.208 e. The van der Waals surface area contributed by atoms with Crippen LogP contribution in [0.1, 0.15) is 18.5 Å². The van der Waals surface area contributed by atoms with E-state index < -0.39 is 10.0 Å². The largest absolute Gasteiger partial charge is 0.309 e. The van der Waals surface area contributed by atoms with Gasteiger partial charge in [0.1, 0.15) is 0 Å². The first-order chi connectivity index (χ1) is 8.31. The normalized spacial score (nSPS) is 13.6. The van der Waals surface area contributed by atoms with Gasteiger partial charge >= 0.3 is 0 Å². The lowest BCUT2D eigenvalue weighted by atomic mass is 10.1. The van der Waals surface area contributed by atoms with Crippen molar-refractivity contribution in [3.05, 3.63) is 33.8 Å². The number of halogens is 2. The monoisotopic (exact) mass is 310 g/mol. The first-order valence-electron chi connectivity index (χ1n) is 5.43. The van der Waals surface area contributed by atoms with E-state index in [0.29, 0.717) is 23.1 Å². The van der Waals surface area contributed by atoms with Crippen molar-refractivity contribution < 1.29 is 8.42 Å². The van der Waals surface area contributed by atoms with Crippen molar-refractivity contribution in [3.8, 4) is 0 Å². The van der Waals surface area contributed by atoms with E-state index in [9.17, 15) is 8.42 Å². The lowest BCUT2D eigenvalue weighted by Gasteiger charge is -2.16. The molecule has 0 saturated heterocycles. The third-order valence-electron chi connectivity index (χ3n) is 2.39. The SMILES string of the molecule is C[C@@H](NCCNS(C)(=O)=O)c1cccc(Cl)c1Cl. The number of nitrogens with one attached hydrogen (secondary N) is 2. The van der Waals surface area contributed by atoms with Crippen LogP contribution in [0.5, 0.6) is 0 Å². The number of hydrogen-bond donors (Lipinski definition) is 2. The first kappa shape index (κ1) is 15.7. The molecule has 4 nitrogen and oxygen atoms in total. The van der Waals surface area contributed by atoms with Gasteiger partial charge in [-0.2, -0.15) is 0 Å². The van der Waals surface area contributed by atoms with E-state index in [1.54, 1.807) is 6.07 Å². The van der Waals surface area contributed by atoms with E-state index in [-0.39, 0.29) is 6.04 Å². The molecular weight excluding hydrogens is 295 g/mol. The molecule has 0 amide bonds. The van der Waals surface area contributed by atoms with Crippen molar-refractivity contribution in [2.45, 2.75) is 13.0 Å². The summed E-state index contributed by atoms with van der Waals surface area (Å²) in [6.07, 6.45) is 1.13. The van der Waals surface area contributed by atoms with Gasteiger partial charge in [-0.25, -0.2) is 13.1 Å². The average Bonchev–Trinajstić information content (AvgIpc) is 2.26. The highest BCUT2D eigenvalue weighted by atomic mass is 35.5. The van der Waals surface area contributed by atoms with E-state index >= 15 is 0 Å². The Morgan fingerprint density at radius 3 is 2.56 bits per heavy atom. The van der Waals surface area contributed by atoms with Gasteiger partial charge in [0.05, 0.1) is 16.3 Å². The van der Waals surface area contributed by atoms with Crippen LogP contribution < -0.4 is 10.0 Å². The van der Waals surface area contributed by atoms with Gasteiger partial charge in [0, 0.05) is 19.1 Å². The molecule has 0 heterocycles. The van der Waals surface area contributed by atoms with Crippen molar-refractivity contribution >= 4 is 33.2 Å². The van der Waals surface area contributed by atoms with Crippen LogP contribution in [0.4, 0.5) is 0 Å². The summed E-state index contributed by atoms with van der Waals surface area (Å²) in [6, 6.07) is 5.44. The quantitative estimate of drug-likeness (QED) is 0.792. The Balaban J connectivity index is 2.51. The molecule has 0 unspecified atom stereocenters. The van der Waals surface area contributed by atoms with Gasteiger partial charge in [-0.1, -0.05) is 35.3 Å². The summed E-state index contributed by atoms with van der Waals surface area (Å²) in [5.41, 5.74) is 0.892. The van der Waals surface area contributed by atoms with E-state index in [0.717, 1.165) is 11.8 Å². The van der Waals surface area contributed by atoms with Crippen molar-refractivity contribution in [3.63, 3.8) is 0 Å². The molecule has 0 aliphatic rings. The molecule has 18 heavy (non-hydrogen) atoms. The van der Waals surface area contributed by atoms with Crippen LogP contribution >= 0.6 is 23.2 Å². The molecule has 0 radical (unpaired) electrons. The highest BCUT2D eigenvalue weighted by Crippen LogP contribution is 2.29. The Morgan fingerprint density at radius 2 is 1.94 bits per heavy atom. The van der Waals surface area contributed by atoms with Gasteiger partial charge in [-0.3, -0.25) is 0 Å². The number of sulfonamides is 1. The maximum absolute atomic E-state index is 10.9. The summed E-state index contributed by atoms with van der Waals surface area (Å²) >= 11 is 12.0. The van der Waals surface area contributed by atoms with Crippen LogP contribution in [0.25, 0.3) is 0 Å². The van der Waals surface area contributed by atoms with Gasteiger partial charge in [0.25, 0.3) is 0 Å². The summed E-state index contributed by atoms with van der Waals surface area (Å²) in [6.45, 7) is 2.79. The average molecular weight is 311 g/mol. The predicted molar refractivity (Wildman–Crippen MR) is 75.7 cm³/mol. The van der Waals surface area contributed by atoms with Crippen molar-refractivity contribution in [1.29, 1.82) is 0 Å². The second-order valence-corrected chi connectivity index (χ2v) is 6.60. The predicted octanol–water partition coefficient (Wildman–Crippen LogP) is 2.19. The van der Waals surface area contributed by atoms with E-state index in [2.05, 4.69) is 10.0 Å². The summed E-state index contributed by atoms with van der Waals surface area (Å²) in [7, 11) is -3.14. The molecule has 7 heteroatoms. The van der Waals surface area contributed by atoms with Gasteiger partial charge in [0.15, 0.2) is 0 Å². The zero-order chi connectivity index (χ0) is 13.8. The molecule has 0 aromatic heterocycles. The molecule has 1 rings (SSSR count). The Morgan fingerprint density at radius 1 is 1.28 bits per heavy atom. The van der Waals surface area contributed by atoms with E-state index in [4.69, 9.17) is 23.2 Å². The molecule has 0 fully saturated rings. The summed E-state index contributed by atoms with van der Waals surface area (Å²) in [4.78, 5) is 0. The highest BCUT2D eigenvalue weighted by molar-refractivity contribution is 7.88. The van der Waals surface area contributed by atoms with Gasteiger partial charge < -0.3 is 5.32 Å². The molecule has 0 spiro atoms. The molecule has 0 saturated carbocycles. The van der Waals surface area contributed by atoms with Crippen LogP contribution in [0.15, 0.2) is 18.2 Å². The molecule has 2 N–H and O–H groups in total. The summed E-state index contributed by atoms with van der Waals surface area (Å²) in [5.74, 6) is 0. The molecule has 102 valence electrons. The number of hydrogen-bond acceptors (Lipinski definition) is 3. The molecule has 0 bridgehead atoms. The van der Waals surface area contributed by atoms with Crippen molar-refractivity contribution in [2.24, 2.45) is 0 Å². The Kier molecular flexibility index (Phi) is 5.88. The van der Waals surface area contributed by atoms with E-state index in [1.165, 1.54) is 0 Å². The molecular formula is C11H16Cl2N2O2S. The first-order valence-corrected chi connectivity index (χ1v) is 8.08. The van der Waals surface area contributed by atoms with E-state index in [1.807, 2.05) is 19.1 Å². The Hall–Kier alpha value is -0.330. The van der Waals surface area contributed by atoms with Crippen LogP contribution in [-0.4, -0.2) is 27.8 Å². The fourth-order valence-corrected chi connectivity index (χ4v) is 2.43. The summed E-state index contributed by atoms with van der Waals surface area (Å²) in [5, 5.41) is 4.20. The Bertz CT molecular complexity index is 506. The van der Waals surface area contributed by atoms with Crippen LogP contribution in [-0.2, 0) is 10.0 Å². The minimum Gasteiger partial charge on any atom is -0.309 e. The third kappa shape index (κ3) is 5.12. The molecule has 1 aromatic carbocycles. The lowest BCUT2D eigenvalue weighted by Crippen LogP contribution is -2.32. The highest BCUT2D eigenvalue weighted by Gasteiger charge is 2.11. The lowest BCUT2D eigenvalue weighted by molar-refractivity contribution is 0.556. The molecule has 1 aromatic rings. The zero-order valence-corrected chi connectivity index (χ0v) is 12.5. The fourth-order valence-electron chi connectivity index (χ4n) is 1.49. The zero-order valence-electron chi connectivity index (χ0n) is 10.2. The standard InChI is InChI=1S/C11H16Cl2N2O2S/c1-8(14-6-7-15-18(2,16)17)9-4-3-5-10(12)11(9)13/h3-5,8,14-15H,6-7H2,1-2H3/t8-/m1/s1. The second-order valence-electron chi connectivity index (χ2n) is 3.99. The molecule has 0 aliphatic carbocycles. The number of benzene rings is 1. The van der Waals surface area contributed by atoms with Gasteiger partial charge in [-0.15, -0.1) is 0 Å². The fraction of sp³-hybridized carbons (Fsp3) is 0.455. The summed E-state index contributed by atoms with van der Waals surface area (Å²) < 4.78 is 24.1. The van der Waals surface area contributed by atoms with Crippen LogP contribution in [0.2, 0.25) is 10.0 Å². The van der Waals surface area contributed by atoms with Crippen molar-refractivity contribution in [2.75, 3.05) is 19.3 Å².